The SMILES string of the molecule is CC(=O)Nc1sc(C)c(C)c1C(=O)OCc1nc(N)nc(Nc2ccc(C)cc2)n1. The highest BCUT2D eigenvalue weighted by Gasteiger charge is 2.22. The van der Waals surface area contributed by atoms with Crippen molar-refractivity contribution in [1.29, 1.82) is 0 Å². The molecule has 2 aromatic heterocycles. The number of nitrogens with one attached hydrogen (secondary N) is 2. The summed E-state index contributed by atoms with van der Waals surface area (Å²) in [4.78, 5) is 37.3. The van der Waals surface area contributed by atoms with Crippen molar-refractivity contribution in [2.24, 2.45) is 0 Å². The standard InChI is InChI=1S/C20H22N6O3S/c1-10-5-7-14(8-6-10)23-20-25-15(24-19(21)26-20)9-29-18(28)16-11(2)12(3)30-17(16)22-13(4)27/h5-8H,9H2,1-4H3,(H,22,27)(H3,21,23,24,25,26). The first-order valence-corrected chi connectivity index (χ1v) is 9.93. The second kappa shape index (κ2) is 8.87. The van der Waals surface area contributed by atoms with Gasteiger partial charge in [0, 0.05) is 17.5 Å². The van der Waals surface area contributed by atoms with Crippen LogP contribution in [0.15, 0.2) is 24.3 Å². The maximum atomic E-state index is 12.7. The Morgan fingerprint density at radius 2 is 1.80 bits per heavy atom. The molecule has 0 aliphatic heterocycles. The number of nitrogens with zero attached hydrogens (tertiary/aromatic N) is 3. The van der Waals surface area contributed by atoms with Crippen molar-refractivity contribution in [3.05, 3.63) is 51.7 Å². The molecule has 30 heavy (non-hydrogen) atoms. The lowest BCUT2D eigenvalue weighted by atomic mass is 10.1. The Labute approximate surface area is 177 Å². The first-order valence-electron chi connectivity index (χ1n) is 9.11. The first-order chi connectivity index (χ1) is 14.2. The minimum absolute atomic E-state index is 0.00662. The van der Waals surface area contributed by atoms with Gasteiger partial charge in [-0.15, -0.1) is 11.3 Å². The fourth-order valence-corrected chi connectivity index (χ4v) is 3.74. The van der Waals surface area contributed by atoms with E-state index in [1.165, 1.54) is 18.3 Å². The maximum Gasteiger partial charge on any atom is 0.341 e. The normalized spacial score (nSPS) is 10.5. The average Bonchev–Trinajstić information content (AvgIpc) is 2.94. The Balaban J connectivity index is 1.74. The predicted octanol–water partition coefficient (Wildman–Crippen LogP) is 3.50. The second-order valence-electron chi connectivity index (χ2n) is 6.67. The lowest BCUT2D eigenvalue weighted by Crippen LogP contribution is -2.14. The highest BCUT2D eigenvalue weighted by Crippen LogP contribution is 2.33. The van der Waals surface area contributed by atoms with E-state index < -0.39 is 5.97 Å². The zero-order valence-electron chi connectivity index (χ0n) is 17.1. The summed E-state index contributed by atoms with van der Waals surface area (Å²) in [5.41, 5.74) is 8.77. The molecule has 0 bridgehead atoms. The number of hydrogen-bond acceptors (Lipinski definition) is 9. The van der Waals surface area contributed by atoms with E-state index in [-0.39, 0.29) is 30.2 Å². The number of anilines is 4. The quantitative estimate of drug-likeness (QED) is 0.510. The number of nitrogens with two attached hydrogens (primary N) is 1. The van der Waals surface area contributed by atoms with Crippen molar-refractivity contribution in [3.63, 3.8) is 0 Å². The molecule has 4 N–H and O–H groups in total. The van der Waals surface area contributed by atoms with Gasteiger partial charge in [0.15, 0.2) is 12.4 Å². The van der Waals surface area contributed by atoms with Crippen molar-refractivity contribution >= 4 is 45.8 Å². The Bertz CT molecular complexity index is 1090. The molecule has 10 heteroatoms. The number of carbonyl (C=O) groups is 2. The molecule has 1 aromatic carbocycles. The molecule has 0 unspecified atom stereocenters. The van der Waals surface area contributed by atoms with Crippen LogP contribution < -0.4 is 16.4 Å². The number of benzene rings is 1. The Morgan fingerprint density at radius 1 is 1.10 bits per heavy atom. The minimum Gasteiger partial charge on any atom is -0.454 e. The van der Waals surface area contributed by atoms with Crippen LogP contribution in [0.3, 0.4) is 0 Å². The summed E-state index contributed by atoms with van der Waals surface area (Å²) >= 11 is 1.32. The number of aryl methyl sites for hydroxylation is 2. The molecule has 1 amide bonds. The largest absolute Gasteiger partial charge is 0.454 e. The summed E-state index contributed by atoms with van der Waals surface area (Å²) in [6, 6.07) is 7.68. The Morgan fingerprint density at radius 3 is 2.47 bits per heavy atom. The Kier molecular flexibility index (Phi) is 6.26. The molecule has 156 valence electrons. The molecular weight excluding hydrogens is 404 g/mol. The molecule has 0 aliphatic carbocycles. The van der Waals surface area contributed by atoms with Crippen LogP contribution in [-0.4, -0.2) is 26.8 Å². The minimum atomic E-state index is -0.576. The molecule has 3 aromatic rings. The Hall–Kier alpha value is -3.53. The molecule has 0 saturated carbocycles. The number of amides is 1. The van der Waals surface area contributed by atoms with E-state index in [0.29, 0.717) is 10.6 Å². The fourth-order valence-electron chi connectivity index (χ4n) is 2.65. The van der Waals surface area contributed by atoms with Crippen molar-refractivity contribution in [3.8, 4) is 0 Å². The van der Waals surface area contributed by atoms with Gasteiger partial charge >= 0.3 is 5.97 Å². The number of aromatic nitrogens is 3. The van der Waals surface area contributed by atoms with E-state index >= 15 is 0 Å². The van der Waals surface area contributed by atoms with E-state index in [0.717, 1.165) is 21.7 Å². The smallest absolute Gasteiger partial charge is 0.341 e. The van der Waals surface area contributed by atoms with Crippen LogP contribution in [0.4, 0.5) is 22.6 Å². The monoisotopic (exact) mass is 426 g/mol. The van der Waals surface area contributed by atoms with Crippen LogP contribution in [-0.2, 0) is 16.1 Å². The van der Waals surface area contributed by atoms with Crippen LogP contribution >= 0.6 is 11.3 Å². The van der Waals surface area contributed by atoms with Crippen molar-refractivity contribution in [2.45, 2.75) is 34.3 Å². The predicted molar refractivity (Wildman–Crippen MR) is 116 cm³/mol. The van der Waals surface area contributed by atoms with Crippen molar-refractivity contribution in [1.82, 2.24) is 15.0 Å². The van der Waals surface area contributed by atoms with Gasteiger partial charge in [-0.2, -0.15) is 15.0 Å². The lowest BCUT2D eigenvalue weighted by Gasteiger charge is -2.09. The number of thiophene rings is 1. The van der Waals surface area contributed by atoms with E-state index in [1.807, 2.05) is 38.1 Å². The molecule has 3 rings (SSSR count). The van der Waals surface area contributed by atoms with E-state index in [2.05, 4.69) is 25.6 Å². The number of nitrogen functional groups attached to an aromatic ring is 1. The summed E-state index contributed by atoms with van der Waals surface area (Å²) in [7, 11) is 0. The molecule has 0 fully saturated rings. The topological polar surface area (TPSA) is 132 Å². The molecule has 0 atom stereocenters. The number of rotatable bonds is 6. The van der Waals surface area contributed by atoms with Gasteiger partial charge < -0.3 is 21.1 Å². The summed E-state index contributed by atoms with van der Waals surface area (Å²) in [6.07, 6.45) is 0. The van der Waals surface area contributed by atoms with Gasteiger partial charge in [-0.3, -0.25) is 4.79 Å². The second-order valence-corrected chi connectivity index (χ2v) is 7.89. The summed E-state index contributed by atoms with van der Waals surface area (Å²) in [5, 5.41) is 6.18. The summed E-state index contributed by atoms with van der Waals surface area (Å²) in [6.45, 7) is 6.86. The third-order valence-corrected chi connectivity index (χ3v) is 5.34. The van der Waals surface area contributed by atoms with Crippen molar-refractivity contribution < 1.29 is 14.3 Å². The van der Waals surface area contributed by atoms with Gasteiger partial charge in [-0.1, -0.05) is 17.7 Å². The fraction of sp³-hybridized carbons (Fsp3) is 0.250. The zero-order chi connectivity index (χ0) is 21.8. The van der Waals surface area contributed by atoms with Crippen LogP contribution in [0, 0.1) is 20.8 Å². The molecule has 9 nitrogen and oxygen atoms in total. The van der Waals surface area contributed by atoms with Crippen LogP contribution in [0.5, 0.6) is 0 Å². The molecule has 0 aliphatic rings. The molecule has 2 heterocycles. The molecule has 0 saturated heterocycles. The highest BCUT2D eigenvalue weighted by molar-refractivity contribution is 7.16. The summed E-state index contributed by atoms with van der Waals surface area (Å²) in [5.74, 6) is -0.378. The van der Waals surface area contributed by atoms with E-state index in [4.69, 9.17) is 10.5 Å². The zero-order valence-corrected chi connectivity index (χ0v) is 17.9. The van der Waals surface area contributed by atoms with Crippen LogP contribution in [0.1, 0.15) is 39.1 Å². The van der Waals surface area contributed by atoms with Crippen LogP contribution in [0.2, 0.25) is 0 Å². The molecule has 0 spiro atoms. The van der Waals surface area contributed by atoms with E-state index in [1.54, 1.807) is 6.92 Å². The molecular formula is C20H22N6O3S. The van der Waals surface area contributed by atoms with Gasteiger partial charge in [0.1, 0.15) is 5.00 Å². The maximum absolute atomic E-state index is 12.7. The van der Waals surface area contributed by atoms with Gasteiger partial charge in [-0.25, -0.2) is 4.79 Å². The number of esters is 1. The number of hydrogen-bond donors (Lipinski definition) is 3. The van der Waals surface area contributed by atoms with Crippen molar-refractivity contribution in [2.75, 3.05) is 16.4 Å². The average molecular weight is 427 g/mol. The van der Waals surface area contributed by atoms with Gasteiger partial charge in [0.25, 0.3) is 0 Å². The lowest BCUT2D eigenvalue weighted by molar-refractivity contribution is -0.114. The number of carbonyl (C=O) groups excluding carboxylic acids is 2. The third kappa shape index (κ3) is 5.09. The molecule has 0 radical (unpaired) electrons. The third-order valence-electron chi connectivity index (χ3n) is 4.22. The van der Waals surface area contributed by atoms with Gasteiger partial charge in [-0.05, 0) is 38.5 Å². The summed E-state index contributed by atoms with van der Waals surface area (Å²) < 4.78 is 5.39. The number of ether oxygens (including phenoxy) is 1. The van der Waals surface area contributed by atoms with E-state index in [9.17, 15) is 9.59 Å². The highest BCUT2D eigenvalue weighted by atomic mass is 32.1. The van der Waals surface area contributed by atoms with Gasteiger partial charge in [0.05, 0.1) is 5.56 Å². The van der Waals surface area contributed by atoms with Crippen LogP contribution in [0.25, 0.3) is 0 Å². The van der Waals surface area contributed by atoms with Gasteiger partial charge in [0.2, 0.25) is 17.8 Å². The first kappa shape index (κ1) is 21.2.